The molecule has 5 nitrogen and oxygen atoms in total. The zero-order valence-electron chi connectivity index (χ0n) is 14.1. The van der Waals surface area contributed by atoms with Gasteiger partial charge in [-0.25, -0.2) is 9.97 Å². The van der Waals surface area contributed by atoms with Gasteiger partial charge in [-0.15, -0.1) is 0 Å². The zero-order valence-corrected chi connectivity index (χ0v) is 14.1. The van der Waals surface area contributed by atoms with Crippen molar-refractivity contribution in [2.45, 2.75) is 51.7 Å². The zero-order chi connectivity index (χ0) is 16.3. The lowest BCUT2D eigenvalue weighted by atomic mass is 9.97. The Labute approximate surface area is 141 Å². The molecule has 5 heteroatoms. The minimum absolute atomic E-state index is 0.331. The van der Waals surface area contributed by atoms with E-state index in [0.717, 1.165) is 30.3 Å². The number of rotatable bonds is 2. The summed E-state index contributed by atoms with van der Waals surface area (Å²) in [4.78, 5) is 11.8. The van der Waals surface area contributed by atoms with Crippen LogP contribution in [0.25, 0.3) is 0 Å². The predicted molar refractivity (Wildman–Crippen MR) is 89.1 cm³/mol. The third-order valence-electron chi connectivity index (χ3n) is 5.64. The average Bonchev–Trinajstić information content (AvgIpc) is 3.11. The first-order chi connectivity index (χ1) is 11.7. The van der Waals surface area contributed by atoms with E-state index in [1.54, 1.807) is 0 Å². The highest BCUT2D eigenvalue weighted by molar-refractivity contribution is 5.48. The Kier molecular flexibility index (Phi) is 3.07. The van der Waals surface area contributed by atoms with Crippen LogP contribution < -0.4 is 9.47 Å². The Morgan fingerprint density at radius 3 is 2.88 bits per heavy atom. The van der Waals surface area contributed by atoms with E-state index in [1.807, 2.05) is 13.1 Å². The minimum Gasteiger partial charge on any atom is -0.454 e. The monoisotopic (exact) mass is 323 g/mol. The van der Waals surface area contributed by atoms with Gasteiger partial charge in [0.1, 0.15) is 5.82 Å². The van der Waals surface area contributed by atoms with Gasteiger partial charge in [-0.3, -0.25) is 4.90 Å². The molecule has 24 heavy (non-hydrogen) atoms. The van der Waals surface area contributed by atoms with Gasteiger partial charge in [0, 0.05) is 36.8 Å². The van der Waals surface area contributed by atoms with Crippen LogP contribution in [0.15, 0.2) is 18.3 Å². The second kappa shape index (κ2) is 5.18. The van der Waals surface area contributed by atoms with Crippen LogP contribution in [0.4, 0.5) is 0 Å². The summed E-state index contributed by atoms with van der Waals surface area (Å²) in [5.74, 6) is 2.62. The Hall–Kier alpha value is -2.14. The number of ether oxygens (including phenoxy) is 2. The number of hydrogen-bond donors (Lipinski definition) is 0. The Bertz CT molecular complexity index is 820. The Balaban J connectivity index is 1.47. The molecule has 2 bridgehead atoms. The first-order valence-corrected chi connectivity index (χ1v) is 8.66. The topological polar surface area (TPSA) is 47.5 Å². The van der Waals surface area contributed by atoms with E-state index >= 15 is 0 Å². The van der Waals surface area contributed by atoms with Crippen molar-refractivity contribution in [3.63, 3.8) is 0 Å². The molecule has 1 saturated heterocycles. The molecule has 3 aliphatic heterocycles. The minimum atomic E-state index is 0.331. The molecular weight excluding hydrogens is 302 g/mol. The number of nitrogens with zero attached hydrogens (tertiary/aromatic N) is 3. The summed E-state index contributed by atoms with van der Waals surface area (Å²) in [6.45, 7) is 5.41. The number of hydrogen-bond acceptors (Lipinski definition) is 5. The van der Waals surface area contributed by atoms with Crippen molar-refractivity contribution in [1.82, 2.24) is 14.9 Å². The quantitative estimate of drug-likeness (QED) is 0.850. The van der Waals surface area contributed by atoms with Crippen molar-refractivity contribution >= 4 is 0 Å². The van der Waals surface area contributed by atoms with Crippen molar-refractivity contribution in [3.8, 4) is 11.5 Å². The molecule has 0 N–H and O–H groups in total. The van der Waals surface area contributed by atoms with Crippen molar-refractivity contribution < 1.29 is 9.47 Å². The molecule has 5 rings (SSSR count). The van der Waals surface area contributed by atoms with Crippen LogP contribution in [0.5, 0.6) is 11.5 Å². The molecule has 2 aromatic rings. The molecule has 1 aromatic carbocycles. The van der Waals surface area contributed by atoms with Crippen molar-refractivity contribution in [2.75, 3.05) is 6.79 Å². The lowest BCUT2D eigenvalue weighted by Gasteiger charge is -2.36. The normalized spacial score (nSPS) is 24.2. The third-order valence-corrected chi connectivity index (χ3v) is 5.64. The maximum Gasteiger partial charge on any atom is 0.231 e. The van der Waals surface area contributed by atoms with Crippen LogP contribution in [0, 0.1) is 13.8 Å². The van der Waals surface area contributed by atoms with Crippen molar-refractivity contribution in [1.29, 1.82) is 0 Å². The number of aryl methyl sites for hydroxylation is 2. The van der Waals surface area contributed by atoms with E-state index in [0.29, 0.717) is 18.9 Å². The summed E-state index contributed by atoms with van der Waals surface area (Å²) < 4.78 is 11.0. The van der Waals surface area contributed by atoms with E-state index in [9.17, 15) is 0 Å². The molecule has 0 unspecified atom stereocenters. The molecule has 4 heterocycles. The molecule has 124 valence electrons. The van der Waals surface area contributed by atoms with Crippen LogP contribution in [0.1, 0.15) is 47.1 Å². The first kappa shape index (κ1) is 14.2. The number of fused-ring (bicyclic) bond motifs is 5. The van der Waals surface area contributed by atoms with Gasteiger partial charge in [-0.05, 0) is 49.9 Å². The van der Waals surface area contributed by atoms with Crippen LogP contribution in [-0.4, -0.2) is 27.7 Å². The lowest BCUT2D eigenvalue weighted by molar-refractivity contribution is 0.165. The van der Waals surface area contributed by atoms with E-state index < -0.39 is 0 Å². The fourth-order valence-electron chi connectivity index (χ4n) is 4.37. The van der Waals surface area contributed by atoms with Crippen LogP contribution in [0.3, 0.4) is 0 Å². The second-order valence-corrected chi connectivity index (χ2v) is 7.07. The molecule has 3 aliphatic rings. The highest BCUT2D eigenvalue weighted by atomic mass is 16.7. The number of aromatic nitrogens is 2. The fraction of sp³-hybridized carbons (Fsp3) is 0.474. The van der Waals surface area contributed by atoms with Gasteiger partial charge >= 0.3 is 0 Å². The first-order valence-electron chi connectivity index (χ1n) is 8.66. The molecule has 1 fully saturated rings. The number of benzene rings is 1. The summed E-state index contributed by atoms with van der Waals surface area (Å²) in [6.07, 6.45) is 5.53. The second-order valence-electron chi connectivity index (χ2n) is 7.07. The van der Waals surface area contributed by atoms with Crippen LogP contribution in [0.2, 0.25) is 0 Å². The maximum atomic E-state index is 5.56. The van der Waals surface area contributed by atoms with Gasteiger partial charge in [0.05, 0.1) is 5.69 Å². The molecular formula is C19H21N3O2. The lowest BCUT2D eigenvalue weighted by Crippen LogP contribution is -2.37. The fourth-order valence-corrected chi connectivity index (χ4v) is 4.37. The molecule has 2 atom stereocenters. The largest absolute Gasteiger partial charge is 0.454 e. The van der Waals surface area contributed by atoms with Gasteiger partial charge in [0.15, 0.2) is 11.5 Å². The summed E-state index contributed by atoms with van der Waals surface area (Å²) in [5, 5.41) is 0. The summed E-state index contributed by atoms with van der Waals surface area (Å²) >= 11 is 0. The Morgan fingerprint density at radius 2 is 2.00 bits per heavy atom. The third kappa shape index (κ3) is 2.11. The van der Waals surface area contributed by atoms with E-state index in [2.05, 4.69) is 33.9 Å². The summed E-state index contributed by atoms with van der Waals surface area (Å²) in [6, 6.07) is 5.29. The maximum absolute atomic E-state index is 5.56. The Morgan fingerprint density at radius 1 is 1.17 bits per heavy atom. The van der Waals surface area contributed by atoms with Gasteiger partial charge < -0.3 is 9.47 Å². The molecule has 0 saturated carbocycles. The standard InChI is InChI=1S/C19H21N3O2/c1-11-5-18-19(24-10-23-18)6-13(11)9-22-14-3-4-17(22)15-8-20-12(2)21-16(15)7-14/h5-6,8,14,17H,3-4,7,9-10H2,1-2H3/t14-,17-/m1/s1. The smallest absolute Gasteiger partial charge is 0.231 e. The van der Waals surface area contributed by atoms with Gasteiger partial charge in [-0.1, -0.05) is 0 Å². The molecule has 1 aromatic heterocycles. The van der Waals surface area contributed by atoms with Crippen LogP contribution >= 0.6 is 0 Å². The van der Waals surface area contributed by atoms with Gasteiger partial charge in [0.2, 0.25) is 6.79 Å². The molecule has 0 radical (unpaired) electrons. The molecule has 0 aliphatic carbocycles. The van der Waals surface area contributed by atoms with Gasteiger partial charge in [-0.2, -0.15) is 0 Å². The highest BCUT2D eigenvalue weighted by Gasteiger charge is 2.40. The van der Waals surface area contributed by atoms with Gasteiger partial charge in [0.25, 0.3) is 0 Å². The average molecular weight is 323 g/mol. The van der Waals surface area contributed by atoms with E-state index in [1.165, 1.54) is 35.2 Å². The van der Waals surface area contributed by atoms with E-state index in [-0.39, 0.29) is 0 Å². The van der Waals surface area contributed by atoms with E-state index in [4.69, 9.17) is 9.47 Å². The van der Waals surface area contributed by atoms with Crippen LogP contribution in [-0.2, 0) is 13.0 Å². The highest BCUT2D eigenvalue weighted by Crippen LogP contribution is 2.44. The summed E-state index contributed by atoms with van der Waals surface area (Å²) in [5.41, 5.74) is 5.18. The van der Waals surface area contributed by atoms with Crippen molar-refractivity contribution in [3.05, 3.63) is 46.5 Å². The van der Waals surface area contributed by atoms with Crippen molar-refractivity contribution in [2.24, 2.45) is 0 Å². The predicted octanol–water partition coefficient (Wildman–Crippen LogP) is 3.08. The SMILES string of the molecule is Cc1ncc2c(n1)C[C@H]1CC[C@H]2N1Cc1cc2c(cc1C)OCO2. The summed E-state index contributed by atoms with van der Waals surface area (Å²) in [7, 11) is 0. The molecule has 0 amide bonds. The molecule has 0 spiro atoms.